The number of thioether (sulfide) groups is 1. The predicted molar refractivity (Wildman–Crippen MR) is 97.9 cm³/mol. The van der Waals surface area contributed by atoms with E-state index in [2.05, 4.69) is 72.2 Å². The second-order valence-corrected chi connectivity index (χ2v) is 7.79. The molecule has 0 aliphatic heterocycles. The first kappa shape index (κ1) is 17.5. The molecule has 3 N–H and O–H groups in total. The fourth-order valence-electron chi connectivity index (χ4n) is 2.10. The van der Waals surface area contributed by atoms with E-state index >= 15 is 0 Å². The lowest BCUT2D eigenvalue weighted by atomic mass is 9.87. The number of nitrogens with two attached hydrogens (primary N) is 1. The van der Waals surface area contributed by atoms with E-state index in [1.165, 1.54) is 10.5 Å². The van der Waals surface area contributed by atoms with Crippen molar-refractivity contribution in [3.8, 4) is 0 Å². The molecule has 5 nitrogen and oxygen atoms in total. The smallest absolute Gasteiger partial charge is 0.227 e. The normalized spacial score (nSPS) is 12.9. The van der Waals surface area contributed by atoms with Crippen LogP contribution in [0.4, 0.5) is 11.9 Å². The van der Waals surface area contributed by atoms with Crippen LogP contribution in [0.25, 0.3) is 0 Å². The van der Waals surface area contributed by atoms with Crippen LogP contribution in [0.15, 0.2) is 29.2 Å². The Kier molecular flexibility index (Phi) is 5.46. The van der Waals surface area contributed by atoms with Gasteiger partial charge in [-0.15, -0.1) is 11.8 Å². The van der Waals surface area contributed by atoms with Crippen molar-refractivity contribution in [3.05, 3.63) is 35.7 Å². The molecule has 2 rings (SSSR count). The van der Waals surface area contributed by atoms with E-state index in [1.54, 1.807) is 6.92 Å². The van der Waals surface area contributed by atoms with E-state index in [0.29, 0.717) is 11.8 Å². The van der Waals surface area contributed by atoms with Gasteiger partial charge in [-0.1, -0.05) is 32.9 Å². The van der Waals surface area contributed by atoms with Gasteiger partial charge in [0.25, 0.3) is 0 Å². The van der Waals surface area contributed by atoms with Crippen molar-refractivity contribution in [1.82, 2.24) is 15.0 Å². The van der Waals surface area contributed by atoms with Crippen LogP contribution in [0.3, 0.4) is 0 Å². The summed E-state index contributed by atoms with van der Waals surface area (Å²) >= 11 is 1.82. The van der Waals surface area contributed by atoms with E-state index in [1.807, 2.05) is 11.8 Å². The largest absolute Gasteiger partial charge is 0.368 e. The Balaban J connectivity index is 1.95. The minimum atomic E-state index is 0.167. The highest BCUT2D eigenvalue weighted by Crippen LogP contribution is 2.27. The lowest BCUT2D eigenvalue weighted by molar-refractivity contribution is 0.588. The number of nitrogen functional groups attached to an aromatic ring is 1. The van der Waals surface area contributed by atoms with Crippen LogP contribution in [0, 0.1) is 6.92 Å². The Morgan fingerprint density at radius 2 is 1.96 bits per heavy atom. The van der Waals surface area contributed by atoms with Gasteiger partial charge in [0.2, 0.25) is 11.9 Å². The molecular formula is C17H25N5S. The van der Waals surface area contributed by atoms with Crippen LogP contribution in [0.1, 0.15) is 39.1 Å². The zero-order valence-corrected chi connectivity index (χ0v) is 15.2. The molecular weight excluding hydrogens is 306 g/mol. The zero-order chi connectivity index (χ0) is 17.0. The molecule has 0 radical (unpaired) electrons. The lowest BCUT2D eigenvalue weighted by Crippen LogP contribution is -2.20. The van der Waals surface area contributed by atoms with E-state index < -0.39 is 0 Å². The van der Waals surface area contributed by atoms with Gasteiger partial charge in [0, 0.05) is 16.7 Å². The number of hydrogen-bond donors (Lipinski definition) is 2. The summed E-state index contributed by atoms with van der Waals surface area (Å²) in [4.78, 5) is 13.6. The molecule has 6 heteroatoms. The summed E-state index contributed by atoms with van der Waals surface area (Å²) in [5, 5.41) is 3.28. The maximum atomic E-state index is 5.65. The second-order valence-electron chi connectivity index (χ2n) is 6.70. The Bertz CT molecular complexity index is 646. The number of rotatable bonds is 5. The van der Waals surface area contributed by atoms with Crippen molar-refractivity contribution >= 4 is 23.7 Å². The molecule has 0 aliphatic rings. The highest BCUT2D eigenvalue weighted by atomic mass is 32.2. The minimum Gasteiger partial charge on any atom is -0.368 e. The predicted octanol–water partition coefficient (Wildman–Crippen LogP) is 3.65. The summed E-state index contributed by atoms with van der Waals surface area (Å²) in [6.07, 6.45) is 0. The molecule has 0 spiro atoms. The molecule has 23 heavy (non-hydrogen) atoms. The van der Waals surface area contributed by atoms with Crippen molar-refractivity contribution in [2.24, 2.45) is 0 Å². The summed E-state index contributed by atoms with van der Waals surface area (Å²) in [6, 6.07) is 8.94. The summed E-state index contributed by atoms with van der Waals surface area (Å²) < 4.78 is 0. The third-order valence-corrected chi connectivity index (χ3v) is 4.59. The van der Waals surface area contributed by atoms with Crippen molar-refractivity contribution in [2.45, 2.75) is 51.0 Å². The van der Waals surface area contributed by atoms with Crippen LogP contribution in [0.2, 0.25) is 0 Å². The Morgan fingerprint density at radius 3 is 2.61 bits per heavy atom. The molecule has 124 valence electrons. The van der Waals surface area contributed by atoms with Crippen molar-refractivity contribution < 1.29 is 0 Å². The van der Waals surface area contributed by atoms with Gasteiger partial charge in [0.15, 0.2) is 0 Å². The SMILES string of the molecule is Cc1nc(N)nc(NC(C)CSc2cccc(C(C)(C)C)c2)n1. The number of anilines is 2. The molecule has 1 unspecified atom stereocenters. The van der Waals surface area contributed by atoms with Crippen LogP contribution in [0.5, 0.6) is 0 Å². The molecule has 0 fully saturated rings. The maximum absolute atomic E-state index is 5.65. The minimum absolute atomic E-state index is 0.167. The molecule has 1 aromatic carbocycles. The summed E-state index contributed by atoms with van der Waals surface area (Å²) in [6.45, 7) is 10.6. The average molecular weight is 331 g/mol. The van der Waals surface area contributed by atoms with Crippen molar-refractivity contribution in [3.63, 3.8) is 0 Å². The van der Waals surface area contributed by atoms with Crippen LogP contribution in [-0.4, -0.2) is 26.7 Å². The molecule has 0 aliphatic carbocycles. The van der Waals surface area contributed by atoms with Gasteiger partial charge in [-0.3, -0.25) is 0 Å². The summed E-state index contributed by atoms with van der Waals surface area (Å²) in [7, 11) is 0. The average Bonchev–Trinajstić information content (AvgIpc) is 2.43. The molecule has 0 bridgehead atoms. The van der Waals surface area contributed by atoms with Gasteiger partial charge in [-0.2, -0.15) is 15.0 Å². The van der Waals surface area contributed by atoms with E-state index in [4.69, 9.17) is 5.73 Å². The Hall–Kier alpha value is -1.82. The molecule has 0 amide bonds. The quantitative estimate of drug-likeness (QED) is 0.814. The van der Waals surface area contributed by atoms with Crippen molar-refractivity contribution in [1.29, 1.82) is 0 Å². The van der Waals surface area contributed by atoms with Gasteiger partial charge in [-0.05, 0) is 37.0 Å². The van der Waals surface area contributed by atoms with Gasteiger partial charge in [-0.25, -0.2) is 0 Å². The third kappa shape index (κ3) is 5.39. The van der Waals surface area contributed by atoms with Gasteiger partial charge in [0.05, 0.1) is 0 Å². The number of benzene rings is 1. The van der Waals surface area contributed by atoms with Crippen LogP contribution >= 0.6 is 11.8 Å². The number of aryl methyl sites for hydroxylation is 1. The fraction of sp³-hybridized carbons (Fsp3) is 0.471. The first-order chi connectivity index (χ1) is 10.7. The standard InChI is InChI=1S/C17H25N5S/c1-11(19-16-21-12(2)20-15(18)22-16)10-23-14-8-6-7-13(9-14)17(3,4)5/h6-9,11H,10H2,1-5H3,(H3,18,19,20,21,22). The highest BCUT2D eigenvalue weighted by molar-refractivity contribution is 7.99. The third-order valence-electron chi connectivity index (χ3n) is 3.34. The topological polar surface area (TPSA) is 76.7 Å². The van der Waals surface area contributed by atoms with Crippen molar-refractivity contribution in [2.75, 3.05) is 16.8 Å². The van der Waals surface area contributed by atoms with Gasteiger partial charge < -0.3 is 11.1 Å². The molecule has 0 saturated carbocycles. The summed E-state index contributed by atoms with van der Waals surface area (Å²) in [5.74, 6) is 2.32. The lowest BCUT2D eigenvalue weighted by Gasteiger charge is -2.20. The second kappa shape index (κ2) is 7.17. The number of nitrogens with zero attached hydrogens (tertiary/aromatic N) is 3. The number of nitrogens with one attached hydrogen (secondary N) is 1. The highest BCUT2D eigenvalue weighted by Gasteiger charge is 2.14. The maximum Gasteiger partial charge on any atom is 0.227 e. The Morgan fingerprint density at radius 1 is 1.22 bits per heavy atom. The van der Waals surface area contributed by atoms with Gasteiger partial charge >= 0.3 is 0 Å². The zero-order valence-electron chi connectivity index (χ0n) is 14.4. The van der Waals surface area contributed by atoms with E-state index in [0.717, 1.165) is 5.75 Å². The number of hydrogen-bond acceptors (Lipinski definition) is 6. The summed E-state index contributed by atoms with van der Waals surface area (Å²) in [5.41, 5.74) is 7.17. The molecule has 1 heterocycles. The molecule has 2 aromatic rings. The van der Waals surface area contributed by atoms with Crippen LogP contribution < -0.4 is 11.1 Å². The number of aromatic nitrogens is 3. The van der Waals surface area contributed by atoms with E-state index in [9.17, 15) is 0 Å². The molecule has 0 saturated heterocycles. The Labute approximate surface area is 142 Å². The first-order valence-electron chi connectivity index (χ1n) is 7.72. The molecule has 1 atom stereocenters. The fourth-order valence-corrected chi connectivity index (χ4v) is 3.01. The molecule has 1 aromatic heterocycles. The van der Waals surface area contributed by atoms with E-state index in [-0.39, 0.29) is 17.4 Å². The van der Waals surface area contributed by atoms with Crippen LogP contribution in [-0.2, 0) is 5.41 Å². The first-order valence-corrected chi connectivity index (χ1v) is 8.70. The monoisotopic (exact) mass is 331 g/mol. The van der Waals surface area contributed by atoms with Gasteiger partial charge in [0.1, 0.15) is 5.82 Å².